The van der Waals surface area contributed by atoms with Gasteiger partial charge < -0.3 is 10.5 Å². The summed E-state index contributed by atoms with van der Waals surface area (Å²) in [5, 5.41) is 0. The van der Waals surface area contributed by atoms with Crippen molar-refractivity contribution >= 4 is 0 Å². The van der Waals surface area contributed by atoms with E-state index >= 15 is 0 Å². The summed E-state index contributed by atoms with van der Waals surface area (Å²) in [6.07, 6.45) is 2.03. The van der Waals surface area contributed by atoms with Gasteiger partial charge in [-0.3, -0.25) is 0 Å². The van der Waals surface area contributed by atoms with Crippen LogP contribution in [0.25, 0.3) is 0 Å². The van der Waals surface area contributed by atoms with Crippen LogP contribution in [0.4, 0.5) is 8.78 Å². The van der Waals surface area contributed by atoms with Crippen molar-refractivity contribution in [3.63, 3.8) is 0 Å². The number of rotatable bonds is 6. The van der Waals surface area contributed by atoms with Crippen molar-refractivity contribution in [2.75, 3.05) is 7.11 Å². The van der Waals surface area contributed by atoms with E-state index < -0.39 is 17.2 Å². The van der Waals surface area contributed by atoms with Gasteiger partial charge in [-0.2, -0.15) is 0 Å². The van der Waals surface area contributed by atoms with Crippen LogP contribution in [-0.2, 0) is 11.2 Å². The maximum atomic E-state index is 13.1. The molecule has 1 rings (SSSR count). The summed E-state index contributed by atoms with van der Waals surface area (Å²) in [5.41, 5.74) is 6.44. The fraction of sp³-hybridized carbons (Fsp3) is 0.571. The molecule has 2 nitrogen and oxygen atoms in total. The first-order valence-electron chi connectivity index (χ1n) is 6.23. The third kappa shape index (κ3) is 3.06. The second kappa shape index (κ2) is 6.25. The lowest BCUT2D eigenvalue weighted by molar-refractivity contribution is -0.0374. The maximum absolute atomic E-state index is 13.1. The zero-order valence-electron chi connectivity index (χ0n) is 11.2. The molecular formula is C14H21F2NO. The normalized spacial score (nSPS) is 13.7. The van der Waals surface area contributed by atoms with Crippen molar-refractivity contribution in [2.24, 2.45) is 5.73 Å². The van der Waals surface area contributed by atoms with Gasteiger partial charge in [0.25, 0.3) is 0 Å². The average Bonchev–Trinajstić information content (AvgIpc) is 2.37. The van der Waals surface area contributed by atoms with Gasteiger partial charge in [0.05, 0.1) is 5.60 Å². The highest BCUT2D eigenvalue weighted by Crippen LogP contribution is 2.25. The molecule has 2 N–H and O–H groups in total. The minimum atomic E-state index is -0.837. The fourth-order valence-corrected chi connectivity index (χ4v) is 2.32. The molecule has 0 aromatic heterocycles. The van der Waals surface area contributed by atoms with Crippen LogP contribution in [0.5, 0.6) is 0 Å². The standard InChI is InChI=1S/C14H21F2NO/c1-4-14(5-2,18-3)13(17)9-10-6-7-11(15)12(16)8-10/h6-8,13H,4-5,9,17H2,1-3H3. The smallest absolute Gasteiger partial charge is 0.159 e. The number of ether oxygens (including phenoxy) is 1. The summed E-state index contributed by atoms with van der Waals surface area (Å²) >= 11 is 0. The highest BCUT2D eigenvalue weighted by atomic mass is 19.2. The van der Waals surface area contributed by atoms with E-state index in [0.717, 1.165) is 18.9 Å². The molecule has 0 aliphatic rings. The van der Waals surface area contributed by atoms with Gasteiger partial charge in [0, 0.05) is 13.2 Å². The topological polar surface area (TPSA) is 35.2 Å². The Morgan fingerprint density at radius 1 is 1.22 bits per heavy atom. The van der Waals surface area contributed by atoms with Crippen molar-refractivity contribution in [3.05, 3.63) is 35.4 Å². The van der Waals surface area contributed by atoms with Crippen molar-refractivity contribution in [3.8, 4) is 0 Å². The fourth-order valence-electron chi connectivity index (χ4n) is 2.32. The zero-order valence-corrected chi connectivity index (χ0v) is 11.2. The molecule has 0 spiro atoms. The van der Waals surface area contributed by atoms with E-state index in [-0.39, 0.29) is 6.04 Å². The molecule has 4 heteroatoms. The minimum absolute atomic E-state index is 0.248. The van der Waals surface area contributed by atoms with Gasteiger partial charge in [-0.25, -0.2) is 8.78 Å². The summed E-state index contributed by atoms with van der Waals surface area (Å²) in [4.78, 5) is 0. The van der Waals surface area contributed by atoms with E-state index in [4.69, 9.17) is 10.5 Å². The first kappa shape index (κ1) is 15.1. The van der Waals surface area contributed by atoms with Gasteiger partial charge in [0.15, 0.2) is 11.6 Å². The molecule has 0 aliphatic carbocycles. The molecule has 1 aromatic carbocycles. The van der Waals surface area contributed by atoms with Crippen LogP contribution < -0.4 is 5.73 Å². The molecule has 0 amide bonds. The van der Waals surface area contributed by atoms with E-state index in [1.165, 1.54) is 6.07 Å². The van der Waals surface area contributed by atoms with Crippen LogP contribution in [-0.4, -0.2) is 18.8 Å². The summed E-state index contributed by atoms with van der Waals surface area (Å²) in [5.74, 6) is -1.67. The summed E-state index contributed by atoms with van der Waals surface area (Å²) < 4.78 is 31.5. The third-order valence-corrected chi connectivity index (χ3v) is 3.72. The predicted molar refractivity (Wildman–Crippen MR) is 68.4 cm³/mol. The molecule has 1 unspecified atom stereocenters. The lowest BCUT2D eigenvalue weighted by Crippen LogP contribution is -2.50. The summed E-state index contributed by atoms with van der Waals surface area (Å²) in [6.45, 7) is 4.02. The molecule has 0 saturated heterocycles. The van der Waals surface area contributed by atoms with Gasteiger partial charge in [-0.05, 0) is 37.0 Å². The minimum Gasteiger partial charge on any atom is -0.377 e. The van der Waals surface area contributed by atoms with Crippen molar-refractivity contribution in [1.29, 1.82) is 0 Å². The van der Waals surface area contributed by atoms with Crippen LogP contribution in [0.2, 0.25) is 0 Å². The van der Waals surface area contributed by atoms with Gasteiger partial charge in [-0.1, -0.05) is 19.9 Å². The monoisotopic (exact) mass is 257 g/mol. The average molecular weight is 257 g/mol. The Bertz CT molecular complexity index is 383. The molecular weight excluding hydrogens is 236 g/mol. The van der Waals surface area contributed by atoms with Gasteiger partial charge >= 0.3 is 0 Å². The highest BCUT2D eigenvalue weighted by molar-refractivity contribution is 5.19. The quantitative estimate of drug-likeness (QED) is 0.850. The van der Waals surface area contributed by atoms with Gasteiger partial charge in [0.2, 0.25) is 0 Å². The number of methoxy groups -OCH3 is 1. The summed E-state index contributed by atoms with van der Waals surface area (Å²) in [7, 11) is 1.64. The van der Waals surface area contributed by atoms with Gasteiger partial charge in [-0.15, -0.1) is 0 Å². The lowest BCUT2D eigenvalue weighted by Gasteiger charge is -2.36. The molecule has 0 fully saturated rings. The Kier molecular flexibility index (Phi) is 5.23. The second-order valence-corrected chi connectivity index (χ2v) is 4.54. The Morgan fingerprint density at radius 3 is 2.28 bits per heavy atom. The molecule has 1 aromatic rings. The molecule has 1 atom stereocenters. The maximum Gasteiger partial charge on any atom is 0.159 e. The highest BCUT2D eigenvalue weighted by Gasteiger charge is 2.33. The molecule has 102 valence electrons. The van der Waals surface area contributed by atoms with Crippen LogP contribution >= 0.6 is 0 Å². The predicted octanol–water partition coefficient (Wildman–Crippen LogP) is 3.04. The molecule has 0 aliphatic heterocycles. The van der Waals surface area contributed by atoms with Crippen molar-refractivity contribution in [1.82, 2.24) is 0 Å². The number of hydrogen-bond donors (Lipinski definition) is 1. The molecule has 0 heterocycles. The first-order valence-corrected chi connectivity index (χ1v) is 6.23. The largest absolute Gasteiger partial charge is 0.377 e. The Labute approximate surface area is 107 Å². The second-order valence-electron chi connectivity index (χ2n) is 4.54. The molecule has 0 bridgehead atoms. The number of nitrogens with two attached hydrogens (primary N) is 1. The third-order valence-electron chi connectivity index (χ3n) is 3.72. The summed E-state index contributed by atoms with van der Waals surface area (Å²) in [6, 6.07) is 3.64. The Balaban J connectivity index is 2.85. The van der Waals surface area contributed by atoms with Crippen molar-refractivity contribution in [2.45, 2.75) is 44.8 Å². The SMILES string of the molecule is CCC(CC)(OC)C(N)Cc1ccc(F)c(F)c1. The number of hydrogen-bond acceptors (Lipinski definition) is 2. The van der Waals surface area contributed by atoms with Crippen LogP contribution in [0, 0.1) is 11.6 Å². The number of benzene rings is 1. The van der Waals surface area contributed by atoms with Crippen molar-refractivity contribution < 1.29 is 13.5 Å². The van der Waals surface area contributed by atoms with Gasteiger partial charge in [0.1, 0.15) is 0 Å². The van der Waals surface area contributed by atoms with E-state index in [1.807, 2.05) is 13.8 Å². The molecule has 18 heavy (non-hydrogen) atoms. The zero-order chi connectivity index (χ0) is 13.8. The molecule has 0 saturated carbocycles. The lowest BCUT2D eigenvalue weighted by atomic mass is 9.85. The number of halogens is 2. The van der Waals surface area contributed by atoms with E-state index in [9.17, 15) is 8.78 Å². The Hall–Kier alpha value is -1.00. The molecule has 0 radical (unpaired) electrons. The van der Waals surface area contributed by atoms with E-state index in [2.05, 4.69) is 0 Å². The Morgan fingerprint density at radius 2 is 1.83 bits per heavy atom. The van der Waals surface area contributed by atoms with E-state index in [1.54, 1.807) is 13.2 Å². The van der Waals surface area contributed by atoms with E-state index in [0.29, 0.717) is 12.0 Å². The van der Waals surface area contributed by atoms with Crippen LogP contribution in [0.1, 0.15) is 32.3 Å². The first-order chi connectivity index (χ1) is 8.49. The van der Waals surface area contributed by atoms with Crippen LogP contribution in [0.3, 0.4) is 0 Å². The van der Waals surface area contributed by atoms with Crippen LogP contribution in [0.15, 0.2) is 18.2 Å².